The van der Waals surface area contributed by atoms with Gasteiger partial charge in [-0.3, -0.25) is 20.4 Å². The summed E-state index contributed by atoms with van der Waals surface area (Å²) in [5, 5.41) is 0.610. The molecule has 1 fully saturated rings. The van der Waals surface area contributed by atoms with Crippen LogP contribution in [-0.2, 0) is 9.59 Å². The molecular weight excluding hydrogens is 340 g/mol. The van der Waals surface area contributed by atoms with Crippen LogP contribution in [0.4, 0.5) is 0 Å². The summed E-state index contributed by atoms with van der Waals surface area (Å²) in [4.78, 5) is 23.9. The van der Waals surface area contributed by atoms with E-state index in [-0.39, 0.29) is 24.3 Å². The highest BCUT2D eigenvalue weighted by Gasteiger charge is 2.43. The molecule has 1 saturated carbocycles. The van der Waals surface area contributed by atoms with Crippen LogP contribution in [0.1, 0.15) is 23.5 Å². The molecule has 3 rings (SSSR count). The standard InChI is InChI=1S/C19H19ClN2O3/c1-12-9-14(20)7-8-17(12)25-11-18(23)21-22-19(24)16-10-15(16)13-5-3-2-4-6-13/h2-9,15-16H,10-11H2,1H3,(H,21,23)(H,22,24)/t15-,16-/m0/s1. The molecule has 0 spiro atoms. The Bertz CT molecular complexity index is 779. The Labute approximate surface area is 151 Å². The molecule has 0 aromatic heterocycles. The lowest BCUT2D eigenvalue weighted by atomic mass is 10.1. The summed E-state index contributed by atoms with van der Waals surface area (Å²) in [6.07, 6.45) is 0.798. The van der Waals surface area contributed by atoms with Crippen molar-refractivity contribution in [3.8, 4) is 5.75 Å². The Hall–Kier alpha value is -2.53. The number of aryl methyl sites for hydroxylation is 1. The minimum absolute atomic E-state index is 0.0953. The number of rotatable bonds is 5. The third kappa shape index (κ3) is 4.51. The number of halogens is 1. The highest BCUT2D eigenvalue weighted by atomic mass is 35.5. The molecule has 130 valence electrons. The maximum absolute atomic E-state index is 12.1. The first-order valence-corrected chi connectivity index (χ1v) is 8.45. The zero-order valence-electron chi connectivity index (χ0n) is 13.8. The highest BCUT2D eigenvalue weighted by molar-refractivity contribution is 6.30. The molecule has 0 bridgehead atoms. The number of hydrogen-bond donors (Lipinski definition) is 2. The normalized spacial score (nSPS) is 18.3. The largest absolute Gasteiger partial charge is 0.483 e. The third-order valence-electron chi connectivity index (χ3n) is 4.18. The first-order chi connectivity index (χ1) is 12.0. The lowest BCUT2D eigenvalue weighted by molar-refractivity contribution is -0.130. The molecule has 5 nitrogen and oxygen atoms in total. The molecule has 0 saturated heterocycles. The van der Waals surface area contributed by atoms with E-state index in [1.54, 1.807) is 18.2 Å². The summed E-state index contributed by atoms with van der Waals surface area (Å²) in [5.74, 6) is 0.120. The maximum atomic E-state index is 12.1. The van der Waals surface area contributed by atoms with Crippen molar-refractivity contribution in [2.24, 2.45) is 5.92 Å². The fraction of sp³-hybridized carbons (Fsp3) is 0.263. The van der Waals surface area contributed by atoms with E-state index >= 15 is 0 Å². The Balaban J connectivity index is 1.41. The van der Waals surface area contributed by atoms with E-state index < -0.39 is 5.91 Å². The van der Waals surface area contributed by atoms with Gasteiger partial charge in [0, 0.05) is 10.9 Å². The number of amides is 2. The molecule has 25 heavy (non-hydrogen) atoms. The zero-order valence-corrected chi connectivity index (χ0v) is 14.5. The van der Waals surface area contributed by atoms with E-state index in [1.807, 2.05) is 37.3 Å². The van der Waals surface area contributed by atoms with Gasteiger partial charge in [0.1, 0.15) is 5.75 Å². The van der Waals surface area contributed by atoms with Crippen LogP contribution in [0.25, 0.3) is 0 Å². The molecule has 0 heterocycles. The van der Waals surface area contributed by atoms with Crippen LogP contribution in [0.5, 0.6) is 5.75 Å². The molecule has 0 aliphatic heterocycles. The van der Waals surface area contributed by atoms with Gasteiger partial charge in [0.25, 0.3) is 5.91 Å². The second-order valence-electron chi connectivity index (χ2n) is 6.10. The molecule has 6 heteroatoms. The van der Waals surface area contributed by atoms with Crippen LogP contribution in [0.3, 0.4) is 0 Å². The fourth-order valence-corrected chi connectivity index (χ4v) is 2.96. The van der Waals surface area contributed by atoms with Gasteiger partial charge < -0.3 is 4.74 Å². The first-order valence-electron chi connectivity index (χ1n) is 8.07. The average Bonchev–Trinajstić information content (AvgIpc) is 3.40. The van der Waals surface area contributed by atoms with Gasteiger partial charge in [-0.2, -0.15) is 0 Å². The van der Waals surface area contributed by atoms with Gasteiger partial charge in [-0.1, -0.05) is 41.9 Å². The van der Waals surface area contributed by atoms with Gasteiger partial charge in [-0.25, -0.2) is 0 Å². The van der Waals surface area contributed by atoms with Gasteiger partial charge in [0.05, 0.1) is 0 Å². The van der Waals surface area contributed by atoms with Gasteiger partial charge in [-0.15, -0.1) is 0 Å². The molecular formula is C19H19ClN2O3. The Morgan fingerprint density at radius 2 is 1.92 bits per heavy atom. The van der Waals surface area contributed by atoms with Gasteiger partial charge in [-0.05, 0) is 48.6 Å². The molecule has 2 aromatic carbocycles. The fourth-order valence-electron chi connectivity index (χ4n) is 2.73. The van der Waals surface area contributed by atoms with Crippen molar-refractivity contribution in [3.05, 3.63) is 64.7 Å². The second kappa shape index (κ2) is 7.57. The molecule has 2 N–H and O–H groups in total. The van der Waals surface area contributed by atoms with Crippen LogP contribution < -0.4 is 15.6 Å². The predicted molar refractivity (Wildman–Crippen MR) is 95.3 cm³/mol. The SMILES string of the molecule is Cc1cc(Cl)ccc1OCC(=O)NNC(=O)[C@H]1C[C@H]1c1ccccc1. The van der Waals surface area contributed by atoms with Crippen molar-refractivity contribution >= 4 is 23.4 Å². The monoisotopic (exact) mass is 358 g/mol. The van der Waals surface area contributed by atoms with Crippen LogP contribution in [0.15, 0.2) is 48.5 Å². The topological polar surface area (TPSA) is 67.4 Å². The molecule has 1 aliphatic carbocycles. The van der Waals surface area contributed by atoms with Crippen molar-refractivity contribution in [1.29, 1.82) is 0 Å². The Morgan fingerprint density at radius 1 is 1.16 bits per heavy atom. The van der Waals surface area contributed by atoms with E-state index in [2.05, 4.69) is 10.9 Å². The molecule has 2 atom stereocenters. The van der Waals surface area contributed by atoms with Gasteiger partial charge in [0.15, 0.2) is 6.61 Å². The van der Waals surface area contributed by atoms with E-state index in [1.165, 1.54) is 0 Å². The summed E-state index contributed by atoms with van der Waals surface area (Å²) in [6.45, 7) is 1.66. The number of carbonyl (C=O) groups excluding carboxylic acids is 2. The molecule has 2 aromatic rings. The van der Waals surface area contributed by atoms with Crippen molar-refractivity contribution in [2.75, 3.05) is 6.61 Å². The number of benzene rings is 2. The molecule has 2 amide bonds. The van der Waals surface area contributed by atoms with E-state index in [0.717, 1.165) is 17.5 Å². The maximum Gasteiger partial charge on any atom is 0.276 e. The average molecular weight is 359 g/mol. The summed E-state index contributed by atoms with van der Waals surface area (Å²) < 4.78 is 5.43. The first kappa shape index (κ1) is 17.3. The minimum Gasteiger partial charge on any atom is -0.483 e. The minimum atomic E-state index is -0.417. The van der Waals surface area contributed by atoms with E-state index in [4.69, 9.17) is 16.3 Å². The van der Waals surface area contributed by atoms with E-state index in [9.17, 15) is 9.59 Å². The van der Waals surface area contributed by atoms with Crippen LogP contribution in [-0.4, -0.2) is 18.4 Å². The van der Waals surface area contributed by atoms with Crippen molar-refractivity contribution < 1.29 is 14.3 Å². The highest BCUT2D eigenvalue weighted by Crippen LogP contribution is 2.47. The van der Waals surface area contributed by atoms with E-state index in [0.29, 0.717) is 10.8 Å². The van der Waals surface area contributed by atoms with Crippen molar-refractivity contribution in [3.63, 3.8) is 0 Å². The summed E-state index contributed by atoms with van der Waals surface area (Å²) in [5.41, 5.74) is 6.84. The number of nitrogens with one attached hydrogen (secondary N) is 2. The Morgan fingerprint density at radius 3 is 2.64 bits per heavy atom. The van der Waals surface area contributed by atoms with Gasteiger partial charge in [0.2, 0.25) is 5.91 Å². The predicted octanol–water partition coefficient (Wildman–Crippen LogP) is 2.98. The van der Waals surface area contributed by atoms with Crippen molar-refractivity contribution in [2.45, 2.75) is 19.3 Å². The zero-order chi connectivity index (χ0) is 17.8. The molecule has 1 aliphatic rings. The summed E-state index contributed by atoms with van der Waals surface area (Å²) >= 11 is 5.87. The van der Waals surface area contributed by atoms with Crippen LogP contribution in [0, 0.1) is 12.8 Å². The lowest BCUT2D eigenvalue weighted by Gasteiger charge is -2.10. The molecule has 0 unspecified atom stereocenters. The van der Waals surface area contributed by atoms with Crippen LogP contribution in [0.2, 0.25) is 5.02 Å². The van der Waals surface area contributed by atoms with Crippen LogP contribution >= 0.6 is 11.6 Å². The number of hydrogen-bond acceptors (Lipinski definition) is 3. The third-order valence-corrected chi connectivity index (χ3v) is 4.41. The summed E-state index contributed by atoms with van der Waals surface area (Å²) in [6, 6.07) is 15.0. The smallest absolute Gasteiger partial charge is 0.276 e. The van der Waals surface area contributed by atoms with Crippen molar-refractivity contribution in [1.82, 2.24) is 10.9 Å². The lowest BCUT2D eigenvalue weighted by Crippen LogP contribution is -2.44. The quantitative estimate of drug-likeness (QED) is 0.807. The number of ether oxygens (including phenoxy) is 1. The Kier molecular flexibility index (Phi) is 5.24. The van der Waals surface area contributed by atoms with Gasteiger partial charge >= 0.3 is 0 Å². The number of carbonyl (C=O) groups is 2. The summed E-state index contributed by atoms with van der Waals surface area (Å²) in [7, 11) is 0. The second-order valence-corrected chi connectivity index (χ2v) is 6.53. The number of hydrazine groups is 1. The molecule has 0 radical (unpaired) electrons.